The Morgan fingerprint density at radius 3 is 2.72 bits per heavy atom. The van der Waals surface area contributed by atoms with Crippen molar-refractivity contribution in [3.8, 4) is 0 Å². The average Bonchev–Trinajstić information content (AvgIpc) is 2.26. The topological polar surface area (TPSA) is 52.6 Å². The third-order valence-electron chi connectivity index (χ3n) is 4.40. The maximum atomic E-state index is 11.4. The van der Waals surface area contributed by atoms with Crippen LogP contribution in [0.2, 0.25) is 0 Å². The molecule has 2 aliphatic rings. The fourth-order valence-corrected chi connectivity index (χ4v) is 3.93. The van der Waals surface area contributed by atoms with E-state index in [-0.39, 0.29) is 6.04 Å². The van der Waals surface area contributed by atoms with Crippen LogP contribution in [0.5, 0.6) is 0 Å². The van der Waals surface area contributed by atoms with Gasteiger partial charge in [-0.25, -0.2) is 0 Å². The summed E-state index contributed by atoms with van der Waals surface area (Å²) in [5.74, 6) is 0.0151. The number of nitrogens with zero attached hydrogens (tertiary/aromatic N) is 1. The SMILES string of the molecule is CC1CC(N2CCNCC2C(=O)O)CC(C)(C)C1. The highest BCUT2D eigenvalue weighted by Gasteiger charge is 2.39. The maximum absolute atomic E-state index is 11.4. The second-order valence-electron chi connectivity index (χ2n) is 6.86. The number of aliphatic carboxylic acids is 1. The van der Waals surface area contributed by atoms with Gasteiger partial charge < -0.3 is 10.4 Å². The van der Waals surface area contributed by atoms with Gasteiger partial charge in [-0.15, -0.1) is 0 Å². The van der Waals surface area contributed by atoms with Gasteiger partial charge in [0.1, 0.15) is 6.04 Å². The molecule has 0 spiro atoms. The van der Waals surface area contributed by atoms with Crippen LogP contribution in [0.15, 0.2) is 0 Å². The number of carboxylic acid groups (broad SMARTS) is 1. The van der Waals surface area contributed by atoms with Crippen molar-refractivity contribution in [3.05, 3.63) is 0 Å². The lowest BCUT2D eigenvalue weighted by molar-refractivity contribution is -0.146. The maximum Gasteiger partial charge on any atom is 0.322 e. The van der Waals surface area contributed by atoms with Crippen LogP contribution in [0.3, 0.4) is 0 Å². The summed E-state index contributed by atoms with van der Waals surface area (Å²) in [5, 5.41) is 12.5. The molecule has 18 heavy (non-hydrogen) atoms. The van der Waals surface area contributed by atoms with Gasteiger partial charge in [0.05, 0.1) is 0 Å². The Morgan fingerprint density at radius 1 is 1.39 bits per heavy atom. The fourth-order valence-electron chi connectivity index (χ4n) is 3.93. The van der Waals surface area contributed by atoms with Crippen molar-refractivity contribution in [2.24, 2.45) is 11.3 Å². The van der Waals surface area contributed by atoms with Crippen molar-refractivity contribution < 1.29 is 9.90 Å². The largest absolute Gasteiger partial charge is 0.480 e. The number of hydrogen-bond donors (Lipinski definition) is 2. The van der Waals surface area contributed by atoms with Crippen molar-refractivity contribution in [3.63, 3.8) is 0 Å². The molecule has 4 nitrogen and oxygen atoms in total. The molecule has 3 unspecified atom stereocenters. The van der Waals surface area contributed by atoms with E-state index in [2.05, 4.69) is 31.0 Å². The van der Waals surface area contributed by atoms with Crippen LogP contribution in [0.25, 0.3) is 0 Å². The lowest BCUT2D eigenvalue weighted by atomic mass is 9.70. The fraction of sp³-hybridized carbons (Fsp3) is 0.929. The summed E-state index contributed by atoms with van der Waals surface area (Å²) in [7, 11) is 0. The van der Waals surface area contributed by atoms with Crippen molar-refractivity contribution in [2.45, 2.75) is 52.1 Å². The number of carbonyl (C=O) groups is 1. The molecule has 0 aromatic rings. The van der Waals surface area contributed by atoms with Crippen LogP contribution in [0, 0.1) is 11.3 Å². The lowest BCUT2D eigenvalue weighted by Gasteiger charge is -2.47. The molecule has 104 valence electrons. The van der Waals surface area contributed by atoms with E-state index < -0.39 is 5.97 Å². The molecule has 1 heterocycles. The normalized spacial score (nSPS) is 37.4. The Hall–Kier alpha value is -0.610. The van der Waals surface area contributed by atoms with E-state index >= 15 is 0 Å². The first-order valence-electron chi connectivity index (χ1n) is 7.08. The van der Waals surface area contributed by atoms with Crippen LogP contribution in [0.1, 0.15) is 40.0 Å². The van der Waals surface area contributed by atoms with Gasteiger partial charge in [-0.2, -0.15) is 0 Å². The second-order valence-corrected chi connectivity index (χ2v) is 6.86. The predicted octanol–water partition coefficient (Wildman–Crippen LogP) is 1.56. The van der Waals surface area contributed by atoms with Crippen molar-refractivity contribution >= 4 is 5.97 Å². The van der Waals surface area contributed by atoms with Crippen molar-refractivity contribution in [1.82, 2.24) is 10.2 Å². The highest BCUT2D eigenvalue weighted by Crippen LogP contribution is 2.40. The minimum atomic E-state index is -0.682. The van der Waals surface area contributed by atoms with E-state index in [1.807, 2.05) is 0 Å². The Morgan fingerprint density at radius 2 is 2.11 bits per heavy atom. The highest BCUT2D eigenvalue weighted by atomic mass is 16.4. The molecule has 1 saturated carbocycles. The molecule has 2 fully saturated rings. The van der Waals surface area contributed by atoms with Crippen molar-refractivity contribution in [1.29, 1.82) is 0 Å². The Balaban J connectivity index is 2.10. The monoisotopic (exact) mass is 254 g/mol. The molecule has 2 N–H and O–H groups in total. The molecule has 0 aromatic heterocycles. The zero-order chi connectivity index (χ0) is 13.3. The van der Waals surface area contributed by atoms with E-state index in [1.54, 1.807) is 0 Å². The van der Waals surface area contributed by atoms with Crippen LogP contribution >= 0.6 is 0 Å². The predicted molar refractivity (Wildman–Crippen MR) is 71.6 cm³/mol. The average molecular weight is 254 g/mol. The molecule has 3 atom stereocenters. The third kappa shape index (κ3) is 3.04. The molecular weight excluding hydrogens is 228 g/mol. The highest BCUT2D eigenvalue weighted by molar-refractivity contribution is 5.74. The van der Waals surface area contributed by atoms with Crippen molar-refractivity contribution in [2.75, 3.05) is 19.6 Å². The zero-order valence-corrected chi connectivity index (χ0v) is 11.8. The third-order valence-corrected chi connectivity index (χ3v) is 4.40. The molecule has 0 radical (unpaired) electrons. The summed E-state index contributed by atoms with van der Waals surface area (Å²) in [6.45, 7) is 9.29. The summed E-state index contributed by atoms with van der Waals surface area (Å²) >= 11 is 0. The van der Waals surface area contributed by atoms with Crippen LogP contribution < -0.4 is 5.32 Å². The van der Waals surface area contributed by atoms with E-state index in [0.717, 1.165) is 25.9 Å². The minimum absolute atomic E-state index is 0.343. The number of rotatable bonds is 2. The Kier molecular flexibility index (Phi) is 3.97. The number of hydrogen-bond acceptors (Lipinski definition) is 3. The molecule has 2 rings (SSSR count). The van der Waals surface area contributed by atoms with Gasteiger partial charge in [-0.1, -0.05) is 20.8 Å². The van der Waals surface area contributed by atoms with Gasteiger partial charge in [-0.3, -0.25) is 9.69 Å². The van der Waals surface area contributed by atoms with Gasteiger partial charge in [0, 0.05) is 25.7 Å². The quantitative estimate of drug-likeness (QED) is 0.785. The number of piperazine rings is 1. The first-order chi connectivity index (χ1) is 8.39. The van der Waals surface area contributed by atoms with Gasteiger partial charge >= 0.3 is 5.97 Å². The minimum Gasteiger partial charge on any atom is -0.480 e. The Bertz CT molecular complexity index is 317. The molecule has 0 bridgehead atoms. The number of nitrogens with one attached hydrogen (secondary N) is 1. The summed E-state index contributed by atoms with van der Waals surface area (Å²) in [4.78, 5) is 13.6. The molecule has 1 aliphatic heterocycles. The van der Waals surface area contributed by atoms with E-state index in [4.69, 9.17) is 0 Å². The molecule has 0 aromatic carbocycles. The van der Waals surface area contributed by atoms with E-state index in [1.165, 1.54) is 6.42 Å². The van der Waals surface area contributed by atoms with Gasteiger partial charge in [0.25, 0.3) is 0 Å². The second kappa shape index (κ2) is 5.17. The summed E-state index contributed by atoms with van der Waals surface area (Å²) in [6, 6.07) is 0.0943. The summed E-state index contributed by atoms with van der Waals surface area (Å²) in [5.41, 5.74) is 0.344. The van der Waals surface area contributed by atoms with Gasteiger partial charge in [0.15, 0.2) is 0 Å². The molecule has 0 amide bonds. The van der Waals surface area contributed by atoms with Crippen LogP contribution in [-0.2, 0) is 4.79 Å². The zero-order valence-electron chi connectivity index (χ0n) is 11.8. The van der Waals surface area contributed by atoms with E-state index in [9.17, 15) is 9.90 Å². The molecule has 1 aliphatic carbocycles. The first kappa shape index (κ1) is 13.8. The molecular formula is C14H26N2O2. The van der Waals surface area contributed by atoms with Gasteiger partial charge in [-0.05, 0) is 30.6 Å². The summed E-state index contributed by atoms with van der Waals surface area (Å²) < 4.78 is 0. The first-order valence-corrected chi connectivity index (χ1v) is 7.08. The van der Waals surface area contributed by atoms with Crippen LogP contribution in [-0.4, -0.2) is 47.7 Å². The summed E-state index contributed by atoms with van der Waals surface area (Å²) in [6.07, 6.45) is 3.53. The van der Waals surface area contributed by atoms with E-state index in [0.29, 0.717) is 23.9 Å². The molecule has 4 heteroatoms. The standard InChI is InChI=1S/C14H26N2O2/c1-10-6-11(8-14(2,3)7-10)16-5-4-15-9-12(16)13(17)18/h10-12,15H,4-9H2,1-3H3,(H,17,18). The van der Waals surface area contributed by atoms with Crippen LogP contribution in [0.4, 0.5) is 0 Å². The smallest absolute Gasteiger partial charge is 0.322 e. The number of carboxylic acids is 1. The lowest BCUT2D eigenvalue weighted by Crippen LogP contribution is -2.59. The molecule has 1 saturated heterocycles. The Labute approximate surface area is 110 Å². The van der Waals surface area contributed by atoms with Gasteiger partial charge in [0.2, 0.25) is 0 Å².